The summed E-state index contributed by atoms with van der Waals surface area (Å²) in [5.41, 5.74) is 0.871. The number of carbonyl (C=O) groups excluding carboxylic acids is 1. The molecule has 5 nitrogen and oxygen atoms in total. The number of Topliss-reactive ketones (excluding diaryl/α,β-unsaturated/α-hetero) is 1. The fourth-order valence-electron chi connectivity index (χ4n) is 3.18. The Kier molecular flexibility index (Phi) is 5.28. The largest absolute Gasteiger partial charge is 0.493 e. The number of benzene rings is 2. The molecule has 142 valence electrons. The van der Waals surface area contributed by atoms with E-state index in [4.69, 9.17) is 10.1 Å². The Bertz CT molecular complexity index is 1100. The molecule has 0 spiro atoms. The number of hydrogen-bond donors (Lipinski definition) is 1. The van der Waals surface area contributed by atoms with Crippen LogP contribution in [-0.2, 0) is 11.2 Å². The fourth-order valence-corrected chi connectivity index (χ4v) is 5.11. The van der Waals surface area contributed by atoms with Crippen molar-refractivity contribution < 1.29 is 9.53 Å². The molecule has 1 N–H and O–H groups in total. The van der Waals surface area contributed by atoms with E-state index in [1.54, 1.807) is 0 Å². The van der Waals surface area contributed by atoms with Crippen molar-refractivity contribution in [2.24, 2.45) is 0 Å². The minimum atomic E-state index is -0.639. The van der Waals surface area contributed by atoms with Gasteiger partial charge in [0.25, 0.3) is 0 Å². The van der Waals surface area contributed by atoms with Gasteiger partial charge in [0.05, 0.1) is 16.6 Å². The molecule has 4 rings (SSSR count). The number of hydrogen-bond acceptors (Lipinski definition) is 7. The van der Waals surface area contributed by atoms with Crippen molar-refractivity contribution in [3.63, 3.8) is 0 Å². The van der Waals surface area contributed by atoms with Gasteiger partial charge in [-0.2, -0.15) is 0 Å². The maximum Gasteiger partial charge on any atom is 0.186 e. The van der Waals surface area contributed by atoms with Crippen LogP contribution in [0.25, 0.3) is 16.8 Å². The minimum absolute atomic E-state index is 0.0933. The number of nitrogens with one attached hydrogen (secondary N) is 1. The molecule has 1 unspecified atom stereocenters. The number of ketones is 1. The van der Waals surface area contributed by atoms with E-state index in [0.29, 0.717) is 21.6 Å². The van der Waals surface area contributed by atoms with E-state index in [1.807, 2.05) is 56.3 Å². The Balaban J connectivity index is 1.78. The number of ether oxygens (including phenoxy) is 1. The molecule has 7 heteroatoms. The molecule has 3 aromatic rings. The zero-order valence-electron chi connectivity index (χ0n) is 15.6. The molecule has 2 heterocycles. The summed E-state index contributed by atoms with van der Waals surface area (Å²) < 4.78 is 5.81. The number of allylic oxidation sites excluding steroid dienone is 1. The molecule has 0 bridgehead atoms. The Labute approximate surface area is 171 Å². The predicted octanol–water partition coefficient (Wildman–Crippen LogP) is 5.07. The molecule has 1 aromatic heterocycles. The molecule has 1 aliphatic heterocycles. The average Bonchev–Trinajstić information content (AvgIpc) is 3.27. The van der Waals surface area contributed by atoms with Crippen LogP contribution in [0.15, 0.2) is 41.3 Å². The summed E-state index contributed by atoms with van der Waals surface area (Å²) >= 11 is 2.61. The van der Waals surface area contributed by atoms with Crippen LogP contribution < -0.4 is 4.74 Å². The lowest BCUT2D eigenvalue weighted by molar-refractivity contribution is -0.114. The van der Waals surface area contributed by atoms with Crippen LogP contribution in [0.3, 0.4) is 0 Å². The third-order valence-electron chi connectivity index (χ3n) is 4.52. The number of carbonyl (C=O) groups is 1. The molecule has 1 fully saturated rings. The molecule has 0 aliphatic carbocycles. The molecule has 2 aromatic carbocycles. The van der Waals surface area contributed by atoms with Gasteiger partial charge < -0.3 is 4.74 Å². The van der Waals surface area contributed by atoms with Crippen LogP contribution in [0.1, 0.15) is 35.3 Å². The average molecular weight is 410 g/mol. The van der Waals surface area contributed by atoms with E-state index in [0.717, 1.165) is 33.5 Å². The van der Waals surface area contributed by atoms with Crippen molar-refractivity contribution in [3.05, 3.63) is 56.9 Å². The fraction of sp³-hybridized carbons (Fsp3) is 0.238. The lowest BCUT2D eigenvalue weighted by atomic mass is 10.0. The monoisotopic (exact) mass is 409 g/mol. The third-order valence-corrected chi connectivity index (χ3v) is 6.65. The van der Waals surface area contributed by atoms with Crippen LogP contribution in [0, 0.1) is 5.41 Å². The Morgan fingerprint density at radius 3 is 2.75 bits per heavy atom. The van der Waals surface area contributed by atoms with Gasteiger partial charge in [-0.15, -0.1) is 21.5 Å². The van der Waals surface area contributed by atoms with Gasteiger partial charge in [0.15, 0.2) is 5.78 Å². The maximum absolute atomic E-state index is 13.1. The molecule has 1 atom stereocenters. The summed E-state index contributed by atoms with van der Waals surface area (Å²) in [5, 5.41) is 20.5. The molecule has 0 amide bonds. The second kappa shape index (κ2) is 7.85. The summed E-state index contributed by atoms with van der Waals surface area (Å²) in [6.45, 7) is 4.48. The number of thioether (sulfide) groups is 1. The Hall–Kier alpha value is -2.51. The van der Waals surface area contributed by atoms with Gasteiger partial charge in [-0.25, -0.2) is 0 Å². The number of aryl methyl sites for hydroxylation is 1. The highest BCUT2D eigenvalue weighted by atomic mass is 32.2. The molecule has 28 heavy (non-hydrogen) atoms. The number of fused-ring (bicyclic) bond motifs is 1. The number of aromatic nitrogens is 2. The normalized spacial score (nSPS) is 18.4. The first-order valence-electron chi connectivity index (χ1n) is 9.11. The highest BCUT2D eigenvalue weighted by Gasteiger charge is 2.39. The van der Waals surface area contributed by atoms with Gasteiger partial charge in [0, 0.05) is 5.56 Å². The van der Waals surface area contributed by atoms with Crippen molar-refractivity contribution in [2.45, 2.75) is 26.2 Å². The molecular weight excluding hydrogens is 390 g/mol. The summed E-state index contributed by atoms with van der Waals surface area (Å²) in [6, 6.07) is 12.0. The first-order valence-corrected chi connectivity index (χ1v) is 10.7. The van der Waals surface area contributed by atoms with Crippen LogP contribution >= 0.6 is 23.1 Å². The van der Waals surface area contributed by atoms with E-state index < -0.39 is 5.92 Å². The second-order valence-electron chi connectivity index (χ2n) is 6.29. The standard InChI is InChI=1S/C21H19N3O2S2/c1-3-17-23-24-21(28-17)18-19(25)16(27-20(18)22)11-14-13-8-6-5-7-12(13)9-10-15(14)26-4-2/h5-11,18,22H,3-4H2,1-2H3. The number of nitrogens with zero attached hydrogens (tertiary/aromatic N) is 2. The SMILES string of the molecule is CCOc1ccc2ccccc2c1C=C1SC(=N)C(c2nnc(CC)s2)C1=O. The van der Waals surface area contributed by atoms with Gasteiger partial charge in [-0.1, -0.05) is 49.0 Å². The van der Waals surface area contributed by atoms with Crippen LogP contribution in [0.4, 0.5) is 0 Å². The summed E-state index contributed by atoms with van der Waals surface area (Å²) in [4.78, 5) is 13.6. The smallest absolute Gasteiger partial charge is 0.186 e. The first-order chi connectivity index (χ1) is 13.6. The Morgan fingerprint density at radius 1 is 1.18 bits per heavy atom. The van der Waals surface area contributed by atoms with Crippen LogP contribution in [-0.4, -0.2) is 27.6 Å². The topological polar surface area (TPSA) is 75.9 Å². The summed E-state index contributed by atoms with van der Waals surface area (Å²) in [6.07, 6.45) is 2.63. The van der Waals surface area contributed by atoms with Crippen molar-refractivity contribution in [2.75, 3.05) is 6.61 Å². The van der Waals surface area contributed by atoms with Crippen molar-refractivity contribution in [1.82, 2.24) is 10.2 Å². The van der Waals surface area contributed by atoms with Crippen LogP contribution in [0.5, 0.6) is 5.75 Å². The van der Waals surface area contributed by atoms with Gasteiger partial charge in [0.1, 0.15) is 21.7 Å². The van der Waals surface area contributed by atoms with E-state index >= 15 is 0 Å². The molecular formula is C21H19N3O2S2. The third kappa shape index (κ3) is 3.36. The Morgan fingerprint density at radius 2 is 2.00 bits per heavy atom. The van der Waals surface area contributed by atoms with E-state index in [2.05, 4.69) is 10.2 Å². The summed E-state index contributed by atoms with van der Waals surface area (Å²) in [5.74, 6) is 0.00465. The molecule has 0 radical (unpaired) electrons. The predicted molar refractivity (Wildman–Crippen MR) is 115 cm³/mol. The van der Waals surface area contributed by atoms with Crippen molar-refractivity contribution in [3.8, 4) is 5.75 Å². The minimum Gasteiger partial charge on any atom is -0.493 e. The van der Waals surface area contributed by atoms with Crippen molar-refractivity contribution >= 4 is 50.8 Å². The summed E-state index contributed by atoms with van der Waals surface area (Å²) in [7, 11) is 0. The highest BCUT2D eigenvalue weighted by molar-refractivity contribution is 8.19. The van der Waals surface area contributed by atoms with Gasteiger partial charge >= 0.3 is 0 Å². The number of rotatable bonds is 5. The lowest BCUT2D eigenvalue weighted by Crippen LogP contribution is -2.11. The van der Waals surface area contributed by atoms with E-state index in [1.165, 1.54) is 23.1 Å². The lowest BCUT2D eigenvalue weighted by Gasteiger charge is -2.11. The molecule has 1 aliphatic rings. The molecule has 0 saturated carbocycles. The highest BCUT2D eigenvalue weighted by Crippen LogP contribution is 2.43. The second-order valence-corrected chi connectivity index (χ2v) is 8.47. The van der Waals surface area contributed by atoms with Gasteiger partial charge in [-0.05, 0) is 36.3 Å². The zero-order chi connectivity index (χ0) is 19.7. The van der Waals surface area contributed by atoms with Gasteiger partial charge in [-0.3, -0.25) is 10.2 Å². The van der Waals surface area contributed by atoms with Gasteiger partial charge in [0.2, 0.25) is 0 Å². The zero-order valence-corrected chi connectivity index (χ0v) is 17.2. The van der Waals surface area contributed by atoms with E-state index in [-0.39, 0.29) is 5.78 Å². The van der Waals surface area contributed by atoms with E-state index in [9.17, 15) is 4.79 Å². The van der Waals surface area contributed by atoms with Crippen molar-refractivity contribution in [1.29, 1.82) is 5.41 Å². The first kappa shape index (κ1) is 18.8. The maximum atomic E-state index is 13.1. The molecule has 1 saturated heterocycles. The van der Waals surface area contributed by atoms with Crippen LogP contribution in [0.2, 0.25) is 0 Å². The quantitative estimate of drug-likeness (QED) is 0.595.